The SMILES string of the molecule is CC[O][Ti]([CH2]CCOCC1CO1)([O]CC)[O]CC. The van der Waals surface area contributed by atoms with Crippen molar-refractivity contribution in [3.8, 4) is 0 Å². The maximum atomic E-state index is 5.81. The van der Waals surface area contributed by atoms with Gasteiger partial charge in [-0.3, -0.25) is 0 Å². The molecule has 0 aromatic carbocycles. The summed E-state index contributed by atoms with van der Waals surface area (Å²) in [4.78, 5) is 0. The van der Waals surface area contributed by atoms with Crippen LogP contribution in [-0.2, 0) is 37.2 Å². The van der Waals surface area contributed by atoms with Crippen molar-refractivity contribution in [3.05, 3.63) is 0 Å². The molecule has 0 aliphatic carbocycles. The number of hydrogen-bond donors (Lipinski definition) is 0. The first kappa shape index (κ1) is 16.6. The van der Waals surface area contributed by atoms with Crippen molar-refractivity contribution in [1.29, 1.82) is 0 Å². The van der Waals surface area contributed by atoms with Crippen molar-refractivity contribution in [2.45, 2.75) is 38.0 Å². The van der Waals surface area contributed by atoms with Crippen LogP contribution in [0.25, 0.3) is 0 Å². The molecule has 0 saturated carbocycles. The molecule has 0 aromatic heterocycles. The summed E-state index contributed by atoms with van der Waals surface area (Å²) in [6, 6.07) is 0. The van der Waals surface area contributed by atoms with Gasteiger partial charge >= 0.3 is 115 Å². The molecular weight excluding hydrogens is 272 g/mol. The Balaban J connectivity index is 2.22. The standard InChI is InChI=1S/C6H11O2.3C2H5O.Ti/c1-2-3-7-4-6-5-8-6;3*1-2-3;/h6H,1-5H2;3*2H2,1H3;/q;3*-1;+3. The second-order valence-corrected chi connectivity index (χ2v) is 8.38. The van der Waals surface area contributed by atoms with E-state index in [4.69, 9.17) is 19.4 Å². The fourth-order valence-corrected chi connectivity index (χ4v) is 5.80. The van der Waals surface area contributed by atoms with E-state index in [0.29, 0.717) is 32.5 Å². The van der Waals surface area contributed by atoms with Gasteiger partial charge in [-0.2, -0.15) is 0 Å². The van der Waals surface area contributed by atoms with Crippen molar-refractivity contribution >= 4 is 0 Å². The molecule has 1 aliphatic rings. The first-order valence-corrected chi connectivity index (χ1v) is 9.89. The van der Waals surface area contributed by atoms with Crippen LogP contribution < -0.4 is 0 Å². The first-order chi connectivity index (χ1) is 8.76. The average molecular weight is 298 g/mol. The molecule has 5 nitrogen and oxygen atoms in total. The zero-order valence-electron chi connectivity index (χ0n) is 11.8. The van der Waals surface area contributed by atoms with Crippen LogP contribution in [0.2, 0.25) is 4.73 Å². The molecular formula is C12H26O5Ti. The quantitative estimate of drug-likeness (QED) is 0.314. The molecule has 0 radical (unpaired) electrons. The predicted molar refractivity (Wildman–Crippen MR) is 64.9 cm³/mol. The molecule has 1 atom stereocenters. The van der Waals surface area contributed by atoms with E-state index in [1.54, 1.807) is 0 Å². The molecule has 0 N–H and O–H groups in total. The summed E-state index contributed by atoms with van der Waals surface area (Å²) in [6.07, 6.45) is 1.26. The molecule has 1 saturated heterocycles. The van der Waals surface area contributed by atoms with Gasteiger partial charge in [-0.1, -0.05) is 0 Å². The summed E-state index contributed by atoms with van der Waals surface area (Å²) in [7, 11) is 0. The fraction of sp³-hybridized carbons (Fsp3) is 1.00. The fourth-order valence-electron chi connectivity index (χ4n) is 1.77. The van der Waals surface area contributed by atoms with Crippen LogP contribution in [0.4, 0.5) is 0 Å². The topological polar surface area (TPSA) is 49.5 Å². The maximum absolute atomic E-state index is 5.81. The van der Waals surface area contributed by atoms with Gasteiger partial charge in [0, 0.05) is 0 Å². The van der Waals surface area contributed by atoms with Gasteiger partial charge in [0.1, 0.15) is 0 Å². The van der Waals surface area contributed by atoms with Gasteiger partial charge < -0.3 is 0 Å². The number of rotatable bonds is 12. The van der Waals surface area contributed by atoms with E-state index in [9.17, 15) is 0 Å². The molecule has 1 unspecified atom stereocenters. The Bertz CT molecular complexity index is 194. The summed E-state index contributed by atoms with van der Waals surface area (Å²) in [5.74, 6) is 0. The number of epoxide rings is 1. The number of hydrogen-bond acceptors (Lipinski definition) is 5. The number of ether oxygens (including phenoxy) is 2. The molecule has 1 rings (SSSR count). The van der Waals surface area contributed by atoms with Gasteiger partial charge in [0.15, 0.2) is 0 Å². The molecule has 108 valence electrons. The summed E-state index contributed by atoms with van der Waals surface area (Å²) in [5.41, 5.74) is 0. The van der Waals surface area contributed by atoms with E-state index in [2.05, 4.69) is 0 Å². The molecule has 1 fully saturated rings. The van der Waals surface area contributed by atoms with Crippen LogP contribution >= 0.6 is 0 Å². The monoisotopic (exact) mass is 298 g/mol. The first-order valence-electron chi connectivity index (χ1n) is 6.87. The van der Waals surface area contributed by atoms with E-state index in [-0.39, 0.29) is 0 Å². The molecule has 0 bridgehead atoms. The molecule has 18 heavy (non-hydrogen) atoms. The molecule has 1 aliphatic heterocycles. The minimum atomic E-state index is -3.02. The Morgan fingerprint density at radius 2 is 1.61 bits per heavy atom. The Hall–Kier alpha value is 0.514. The van der Waals surface area contributed by atoms with Crippen molar-refractivity contribution in [1.82, 2.24) is 0 Å². The van der Waals surface area contributed by atoms with E-state index in [1.165, 1.54) is 0 Å². The van der Waals surface area contributed by atoms with Crippen LogP contribution in [0.3, 0.4) is 0 Å². The minimum absolute atomic E-state index is 0.335. The van der Waals surface area contributed by atoms with Gasteiger partial charge in [-0.15, -0.1) is 0 Å². The summed E-state index contributed by atoms with van der Waals surface area (Å²) < 4.78 is 28.9. The van der Waals surface area contributed by atoms with Crippen molar-refractivity contribution in [3.63, 3.8) is 0 Å². The van der Waals surface area contributed by atoms with Gasteiger partial charge in [0.05, 0.1) is 0 Å². The van der Waals surface area contributed by atoms with Crippen molar-refractivity contribution in [2.75, 3.05) is 39.6 Å². The van der Waals surface area contributed by atoms with E-state index in [1.807, 2.05) is 20.8 Å². The van der Waals surface area contributed by atoms with Crippen molar-refractivity contribution in [2.24, 2.45) is 0 Å². The Kier molecular flexibility index (Phi) is 8.67. The van der Waals surface area contributed by atoms with Crippen LogP contribution in [0, 0.1) is 0 Å². The molecule has 0 amide bonds. The Labute approximate surface area is 115 Å². The molecule has 0 spiro atoms. The molecule has 1 heterocycles. The van der Waals surface area contributed by atoms with Crippen LogP contribution in [0.5, 0.6) is 0 Å². The van der Waals surface area contributed by atoms with E-state index >= 15 is 0 Å². The molecule has 0 aromatic rings. The second kappa shape index (κ2) is 9.42. The third kappa shape index (κ3) is 6.61. The van der Waals surface area contributed by atoms with Gasteiger partial charge in [-0.05, 0) is 0 Å². The van der Waals surface area contributed by atoms with E-state index in [0.717, 1.165) is 24.4 Å². The van der Waals surface area contributed by atoms with Crippen LogP contribution in [0.1, 0.15) is 27.2 Å². The Morgan fingerprint density at radius 1 is 1.06 bits per heavy atom. The van der Waals surface area contributed by atoms with Crippen molar-refractivity contribution < 1.29 is 37.2 Å². The third-order valence-corrected chi connectivity index (χ3v) is 7.49. The Morgan fingerprint density at radius 3 is 2.06 bits per heavy atom. The van der Waals surface area contributed by atoms with Crippen LogP contribution in [-0.4, -0.2) is 45.7 Å². The normalized spacial score (nSPS) is 19.2. The zero-order chi connectivity index (χ0) is 13.3. The third-order valence-electron chi connectivity index (χ3n) is 2.57. The predicted octanol–water partition coefficient (Wildman–Crippen LogP) is 2.22. The molecule has 6 heteroatoms. The summed E-state index contributed by atoms with van der Waals surface area (Å²) in [5, 5.41) is 0. The van der Waals surface area contributed by atoms with Gasteiger partial charge in [0.2, 0.25) is 0 Å². The van der Waals surface area contributed by atoms with E-state index < -0.39 is 17.8 Å². The summed E-state index contributed by atoms with van der Waals surface area (Å²) >= 11 is -3.02. The average Bonchev–Trinajstić information content (AvgIpc) is 3.14. The van der Waals surface area contributed by atoms with Gasteiger partial charge in [0.25, 0.3) is 0 Å². The van der Waals surface area contributed by atoms with Gasteiger partial charge in [-0.25, -0.2) is 0 Å². The summed E-state index contributed by atoms with van der Waals surface area (Å²) in [6.45, 7) is 10.2. The second-order valence-electron chi connectivity index (χ2n) is 4.12. The van der Waals surface area contributed by atoms with Crippen LogP contribution in [0.15, 0.2) is 0 Å². The zero-order valence-corrected chi connectivity index (χ0v) is 13.3.